The Balaban J connectivity index is 0.00000192. The zero-order chi connectivity index (χ0) is 15.4. The second-order valence-corrected chi connectivity index (χ2v) is 5.92. The van der Waals surface area contributed by atoms with Crippen LogP contribution in [0.5, 0.6) is 5.88 Å². The topological polar surface area (TPSA) is 65.9 Å². The van der Waals surface area contributed by atoms with Crippen LogP contribution in [-0.2, 0) is 6.54 Å². The number of halogens is 1. The van der Waals surface area contributed by atoms with Gasteiger partial charge in [-0.3, -0.25) is 4.90 Å². The number of aromatic nitrogens is 1. The average Bonchev–Trinajstić information content (AvgIpc) is 2.97. The van der Waals surface area contributed by atoms with Gasteiger partial charge < -0.3 is 14.7 Å². The molecule has 0 saturated carbocycles. The SMILES string of the molecule is Br.O=C(O)Oc1csc(N2CCN(Cc3ccccc3)CC2)n1. The number of hydrogen-bond acceptors (Lipinski definition) is 6. The summed E-state index contributed by atoms with van der Waals surface area (Å²) < 4.78 is 4.56. The standard InChI is InChI=1S/C15H17N3O3S.BrH/c19-15(20)21-13-11-22-14(16-13)18-8-6-17(7-9-18)10-12-4-2-1-3-5-12;/h1-5,11H,6-10H2,(H,19,20);1H. The molecule has 3 rings (SSSR count). The molecule has 6 nitrogen and oxygen atoms in total. The number of carboxylic acid groups (broad SMARTS) is 1. The van der Waals surface area contributed by atoms with Gasteiger partial charge >= 0.3 is 6.16 Å². The Morgan fingerprint density at radius 1 is 1.22 bits per heavy atom. The summed E-state index contributed by atoms with van der Waals surface area (Å²) in [5, 5.41) is 11.0. The maximum absolute atomic E-state index is 10.5. The van der Waals surface area contributed by atoms with Crippen molar-refractivity contribution >= 4 is 39.6 Å². The van der Waals surface area contributed by atoms with Gasteiger partial charge in [0.15, 0.2) is 5.13 Å². The van der Waals surface area contributed by atoms with Crippen LogP contribution in [0, 0.1) is 0 Å². The summed E-state index contributed by atoms with van der Waals surface area (Å²) in [5.41, 5.74) is 1.32. The fourth-order valence-electron chi connectivity index (χ4n) is 2.47. The molecule has 2 heterocycles. The van der Waals surface area contributed by atoms with Crippen molar-refractivity contribution in [3.63, 3.8) is 0 Å². The number of nitrogens with zero attached hydrogens (tertiary/aromatic N) is 3. The van der Waals surface area contributed by atoms with Gasteiger partial charge in [0.25, 0.3) is 0 Å². The monoisotopic (exact) mass is 399 g/mol. The number of benzene rings is 1. The molecule has 2 aromatic rings. The quantitative estimate of drug-likeness (QED) is 0.796. The van der Waals surface area contributed by atoms with Crippen LogP contribution in [0.1, 0.15) is 5.56 Å². The van der Waals surface area contributed by atoms with E-state index < -0.39 is 6.16 Å². The van der Waals surface area contributed by atoms with Gasteiger partial charge in [0, 0.05) is 32.7 Å². The molecule has 0 radical (unpaired) electrons. The summed E-state index contributed by atoms with van der Waals surface area (Å²) in [4.78, 5) is 19.3. The molecule has 0 spiro atoms. The van der Waals surface area contributed by atoms with Gasteiger partial charge in [-0.2, -0.15) is 4.98 Å². The van der Waals surface area contributed by atoms with Crippen LogP contribution in [0.25, 0.3) is 0 Å². The summed E-state index contributed by atoms with van der Waals surface area (Å²) >= 11 is 1.41. The summed E-state index contributed by atoms with van der Waals surface area (Å²) in [7, 11) is 0. The van der Waals surface area contributed by atoms with E-state index in [0.29, 0.717) is 0 Å². The van der Waals surface area contributed by atoms with Gasteiger partial charge in [0.2, 0.25) is 5.88 Å². The third-order valence-electron chi connectivity index (χ3n) is 3.55. The molecule has 1 saturated heterocycles. The van der Waals surface area contributed by atoms with E-state index in [2.05, 4.69) is 43.8 Å². The van der Waals surface area contributed by atoms with E-state index in [4.69, 9.17) is 5.11 Å². The highest BCUT2D eigenvalue weighted by atomic mass is 79.9. The molecule has 1 aromatic heterocycles. The fourth-order valence-corrected chi connectivity index (χ4v) is 3.25. The average molecular weight is 400 g/mol. The number of anilines is 1. The van der Waals surface area contributed by atoms with Crippen LogP contribution in [0.2, 0.25) is 0 Å². The highest BCUT2D eigenvalue weighted by molar-refractivity contribution is 8.93. The highest BCUT2D eigenvalue weighted by Crippen LogP contribution is 2.26. The summed E-state index contributed by atoms with van der Waals surface area (Å²) in [6.07, 6.45) is -1.33. The number of thiazole rings is 1. The Kier molecular flexibility index (Phi) is 6.37. The van der Waals surface area contributed by atoms with Gasteiger partial charge in [-0.25, -0.2) is 4.79 Å². The lowest BCUT2D eigenvalue weighted by atomic mass is 10.2. The van der Waals surface area contributed by atoms with Crippen molar-refractivity contribution in [1.29, 1.82) is 0 Å². The molecular weight excluding hydrogens is 382 g/mol. The minimum absolute atomic E-state index is 0. The van der Waals surface area contributed by atoms with Crippen LogP contribution in [0.4, 0.5) is 9.93 Å². The van der Waals surface area contributed by atoms with Crippen molar-refractivity contribution in [3.05, 3.63) is 41.3 Å². The van der Waals surface area contributed by atoms with E-state index >= 15 is 0 Å². The van der Waals surface area contributed by atoms with Gasteiger partial charge in [0.05, 0.1) is 5.38 Å². The van der Waals surface area contributed by atoms with Crippen LogP contribution in [0.3, 0.4) is 0 Å². The van der Waals surface area contributed by atoms with Crippen LogP contribution < -0.4 is 9.64 Å². The molecule has 8 heteroatoms. The normalized spacial score (nSPS) is 15.0. The first kappa shape index (κ1) is 17.7. The Bertz CT molecular complexity index is 630. The van der Waals surface area contributed by atoms with E-state index in [1.54, 1.807) is 5.38 Å². The van der Waals surface area contributed by atoms with Gasteiger partial charge in [-0.15, -0.1) is 28.3 Å². The lowest BCUT2D eigenvalue weighted by Gasteiger charge is -2.34. The smallest absolute Gasteiger partial charge is 0.449 e. The molecule has 0 amide bonds. The Morgan fingerprint density at radius 3 is 2.57 bits per heavy atom. The van der Waals surface area contributed by atoms with Crippen molar-refractivity contribution in [1.82, 2.24) is 9.88 Å². The molecule has 1 aliphatic heterocycles. The Labute approximate surface area is 149 Å². The first-order chi connectivity index (χ1) is 10.7. The van der Waals surface area contributed by atoms with Crippen molar-refractivity contribution in [3.8, 4) is 5.88 Å². The second-order valence-electron chi connectivity index (χ2n) is 5.09. The molecule has 124 valence electrons. The molecule has 1 fully saturated rings. The Morgan fingerprint density at radius 2 is 1.91 bits per heavy atom. The zero-order valence-corrected chi connectivity index (χ0v) is 15.0. The van der Waals surface area contributed by atoms with Crippen molar-refractivity contribution in [2.75, 3.05) is 31.1 Å². The van der Waals surface area contributed by atoms with E-state index in [1.807, 2.05) is 6.07 Å². The molecule has 0 aliphatic carbocycles. The molecule has 0 atom stereocenters. The summed E-state index contributed by atoms with van der Waals surface area (Å²) in [5.74, 6) is 0.152. The predicted molar refractivity (Wildman–Crippen MR) is 95.0 cm³/mol. The van der Waals surface area contributed by atoms with Crippen LogP contribution in [0.15, 0.2) is 35.7 Å². The summed E-state index contributed by atoms with van der Waals surface area (Å²) in [6.45, 7) is 4.65. The number of carbonyl (C=O) groups is 1. The molecular formula is C15H18BrN3O3S. The number of piperazine rings is 1. The second kappa shape index (κ2) is 8.28. The van der Waals surface area contributed by atoms with Crippen molar-refractivity contribution < 1.29 is 14.6 Å². The third-order valence-corrected chi connectivity index (χ3v) is 4.43. The maximum Gasteiger partial charge on any atom is 0.512 e. The lowest BCUT2D eigenvalue weighted by molar-refractivity contribution is 0.143. The van der Waals surface area contributed by atoms with Gasteiger partial charge in [-0.05, 0) is 5.56 Å². The largest absolute Gasteiger partial charge is 0.512 e. The predicted octanol–water partition coefficient (Wildman–Crippen LogP) is 3.10. The molecule has 1 N–H and O–H groups in total. The minimum atomic E-state index is -1.33. The first-order valence-electron chi connectivity index (χ1n) is 7.08. The van der Waals surface area contributed by atoms with Gasteiger partial charge in [-0.1, -0.05) is 30.3 Å². The molecule has 0 bridgehead atoms. The molecule has 23 heavy (non-hydrogen) atoms. The molecule has 1 aliphatic rings. The number of rotatable bonds is 4. The van der Waals surface area contributed by atoms with E-state index in [-0.39, 0.29) is 22.9 Å². The fraction of sp³-hybridized carbons (Fsp3) is 0.333. The molecule has 0 unspecified atom stereocenters. The third kappa shape index (κ3) is 4.92. The van der Waals surface area contributed by atoms with Crippen molar-refractivity contribution in [2.24, 2.45) is 0 Å². The molecule has 1 aromatic carbocycles. The highest BCUT2D eigenvalue weighted by Gasteiger charge is 2.20. The van der Waals surface area contributed by atoms with Crippen LogP contribution >= 0.6 is 28.3 Å². The van der Waals surface area contributed by atoms with E-state index in [9.17, 15) is 4.79 Å². The van der Waals surface area contributed by atoms with E-state index in [0.717, 1.165) is 37.9 Å². The Hall–Kier alpha value is -1.64. The van der Waals surface area contributed by atoms with Crippen molar-refractivity contribution in [2.45, 2.75) is 6.54 Å². The first-order valence-corrected chi connectivity index (χ1v) is 7.96. The van der Waals surface area contributed by atoms with Gasteiger partial charge in [0.1, 0.15) is 0 Å². The van der Waals surface area contributed by atoms with Crippen LogP contribution in [-0.4, -0.2) is 47.3 Å². The zero-order valence-electron chi connectivity index (χ0n) is 12.4. The maximum atomic E-state index is 10.5. The van der Waals surface area contributed by atoms with E-state index in [1.165, 1.54) is 16.9 Å². The number of hydrogen-bond donors (Lipinski definition) is 1. The minimum Gasteiger partial charge on any atom is -0.449 e. The lowest BCUT2D eigenvalue weighted by Crippen LogP contribution is -2.45. The summed E-state index contributed by atoms with van der Waals surface area (Å²) in [6, 6.07) is 10.4. The number of ether oxygens (including phenoxy) is 1.